The van der Waals surface area contributed by atoms with Crippen LogP contribution in [0, 0.1) is 0 Å². The molecule has 3 heterocycles. The molecule has 2 amide bonds. The summed E-state index contributed by atoms with van der Waals surface area (Å²) in [6.45, 7) is 8.30. The largest absolute Gasteiger partial charge is 0.545 e. The van der Waals surface area contributed by atoms with Crippen LogP contribution in [0.3, 0.4) is 0 Å². The van der Waals surface area contributed by atoms with Crippen molar-refractivity contribution in [3.63, 3.8) is 0 Å². The molecule has 2 saturated heterocycles. The van der Waals surface area contributed by atoms with Crippen LogP contribution in [0.15, 0.2) is 65.1 Å². The Morgan fingerprint density at radius 3 is 1.60 bits per heavy atom. The Balaban J connectivity index is 0.974. The molecule has 0 radical (unpaired) electrons. The molecule has 11 heteroatoms. The van der Waals surface area contributed by atoms with E-state index in [2.05, 4.69) is 70.4 Å². The molecule has 0 saturated carbocycles. The first-order valence-electron chi connectivity index (χ1n) is 34.4. The zero-order valence-electron chi connectivity index (χ0n) is 52.2. The van der Waals surface area contributed by atoms with Crippen LogP contribution in [-0.4, -0.2) is 69.6 Å². The molecule has 462 valence electrons. The highest BCUT2D eigenvalue weighted by atomic mass is 16.6. The number of nitrogens with one attached hydrogen (secondary N) is 2. The quantitative estimate of drug-likeness (QED) is 0.0254. The van der Waals surface area contributed by atoms with E-state index in [1.807, 2.05) is 12.1 Å². The predicted octanol–water partition coefficient (Wildman–Crippen LogP) is 18.0. The number of carbonyl (C=O) groups excluding carboxylic acids is 3. The highest BCUT2D eigenvalue weighted by Crippen LogP contribution is 2.43. The van der Waals surface area contributed by atoms with Gasteiger partial charge in [0.1, 0.15) is 17.9 Å². The monoisotopic (exact) mass is 1140 g/mol. The zero-order valence-corrected chi connectivity index (χ0v) is 52.2. The Morgan fingerprint density at radius 1 is 0.554 bits per heavy atom. The average Bonchev–Trinajstić information content (AvgIpc) is 3.39. The van der Waals surface area contributed by atoms with E-state index in [4.69, 9.17) is 13.9 Å². The van der Waals surface area contributed by atoms with Crippen molar-refractivity contribution in [2.75, 3.05) is 44.3 Å². The van der Waals surface area contributed by atoms with Gasteiger partial charge in [0, 0.05) is 91.3 Å². The normalized spacial score (nSPS) is 16.1. The molecule has 83 heavy (non-hydrogen) atoms. The van der Waals surface area contributed by atoms with Crippen LogP contribution in [0.25, 0.3) is 33.4 Å². The lowest BCUT2D eigenvalue weighted by atomic mass is 9.90. The summed E-state index contributed by atoms with van der Waals surface area (Å²) in [5.41, 5.74) is 4.02. The van der Waals surface area contributed by atoms with Crippen molar-refractivity contribution in [2.24, 2.45) is 0 Å². The van der Waals surface area contributed by atoms with Crippen molar-refractivity contribution < 1.29 is 33.4 Å². The Hall–Kier alpha value is -5.06. The number of unbranched alkanes of at least 4 members (excludes halogenated alkanes) is 30. The molecular weight excluding hydrogens is 1030 g/mol. The standard InChI is InChI=1S/C72H112N4O7/c1-3-5-7-9-11-13-15-17-19-21-23-25-27-29-31-37-51-73-71(79)81-55-49-59-41-35-39-53-75(59)61-45-47-65-67(57-61)83-68-58-62(46-48-66(68)69(65)63-43-33-34-44-64(63)70(77)78)76-54-40-36-42-60(76)50-56-82-72(80)74-52-38-32-30-28-26-24-22-20-18-16-14-12-10-8-6-4-2/h33-34,43-48,57-60H,3-32,35-42,49-56H2,1-2H3,(H2-,73,74,77,78,79,80). The number of carbonyl (C=O) groups is 3. The van der Waals surface area contributed by atoms with Gasteiger partial charge in [-0.1, -0.05) is 231 Å². The lowest BCUT2D eigenvalue weighted by molar-refractivity contribution is -0.254. The molecule has 6 rings (SSSR count). The van der Waals surface area contributed by atoms with Gasteiger partial charge in [0.2, 0.25) is 5.36 Å². The minimum absolute atomic E-state index is 0.129. The number of carboxylic acid groups (broad SMARTS) is 1. The molecule has 2 atom stereocenters. The van der Waals surface area contributed by atoms with Gasteiger partial charge in [-0.15, -0.1) is 0 Å². The lowest BCUT2D eigenvalue weighted by Gasteiger charge is -2.37. The number of hydrogen-bond acceptors (Lipinski definition) is 8. The zero-order chi connectivity index (χ0) is 58.4. The highest BCUT2D eigenvalue weighted by molar-refractivity contribution is 6.07. The van der Waals surface area contributed by atoms with Gasteiger partial charge >= 0.3 is 12.2 Å². The van der Waals surface area contributed by atoms with Crippen molar-refractivity contribution in [1.82, 2.24) is 15.2 Å². The van der Waals surface area contributed by atoms with Gasteiger partial charge in [0.25, 0.3) is 0 Å². The predicted molar refractivity (Wildman–Crippen MR) is 342 cm³/mol. The molecule has 0 bridgehead atoms. The van der Waals surface area contributed by atoms with E-state index in [1.165, 1.54) is 180 Å². The molecule has 1 aliphatic carbocycles. The molecule has 2 N–H and O–H groups in total. The van der Waals surface area contributed by atoms with Gasteiger partial charge in [-0.2, -0.15) is 0 Å². The summed E-state index contributed by atoms with van der Waals surface area (Å²) < 4.78 is 20.8. The number of rotatable bonds is 43. The van der Waals surface area contributed by atoms with E-state index < -0.39 is 5.97 Å². The minimum atomic E-state index is -1.23. The number of fused-ring (bicyclic) bond motifs is 2. The van der Waals surface area contributed by atoms with Crippen LogP contribution >= 0.6 is 0 Å². The van der Waals surface area contributed by atoms with Gasteiger partial charge in [-0.3, -0.25) is 0 Å². The van der Waals surface area contributed by atoms with Crippen molar-refractivity contribution in [2.45, 2.75) is 283 Å². The fraction of sp³-hybridized carbons (Fsp3) is 0.694. The second-order valence-electron chi connectivity index (χ2n) is 24.7. The third kappa shape index (κ3) is 24.8. The van der Waals surface area contributed by atoms with Crippen LogP contribution in [-0.2, 0) is 9.47 Å². The molecule has 2 fully saturated rings. The third-order valence-corrected chi connectivity index (χ3v) is 18.0. The number of ether oxygens (including phenoxy) is 2. The number of amides is 2. The van der Waals surface area contributed by atoms with Crippen LogP contribution in [0.4, 0.5) is 15.3 Å². The van der Waals surface area contributed by atoms with Gasteiger partial charge in [-0.05, 0) is 62.3 Å². The first-order chi connectivity index (χ1) is 40.9. The number of alkyl carbamates (subject to hydrolysis) is 2. The van der Waals surface area contributed by atoms with Crippen LogP contribution < -0.4 is 30.6 Å². The van der Waals surface area contributed by atoms with Gasteiger partial charge in [0.15, 0.2) is 6.04 Å². The van der Waals surface area contributed by atoms with E-state index in [9.17, 15) is 19.5 Å². The van der Waals surface area contributed by atoms with E-state index in [0.717, 1.165) is 118 Å². The SMILES string of the molecule is CCCCCCCCCCCCCCCCCCNC(=O)OCCC1CCCCN1c1ccc2c(-c3ccccc3C(=O)[O-])c3ccc(=[N+]4CCCCC4CCOC(=O)NCCCCCCCCCCCCCCCCCC)cc-3oc2c1. The van der Waals surface area contributed by atoms with E-state index in [0.29, 0.717) is 43.2 Å². The first kappa shape index (κ1) is 67.1. The maximum absolute atomic E-state index is 12.8. The molecule has 11 nitrogen and oxygen atoms in total. The Labute approximate surface area is 502 Å². The summed E-state index contributed by atoms with van der Waals surface area (Å²) in [5, 5.41) is 20.5. The van der Waals surface area contributed by atoms with Crippen LogP contribution in [0.2, 0.25) is 0 Å². The summed E-state index contributed by atoms with van der Waals surface area (Å²) >= 11 is 0. The average molecular weight is 1150 g/mol. The number of anilines is 1. The molecule has 2 aromatic carbocycles. The molecule has 0 spiro atoms. The fourth-order valence-electron chi connectivity index (χ4n) is 13.1. The van der Waals surface area contributed by atoms with E-state index >= 15 is 0 Å². The minimum Gasteiger partial charge on any atom is -0.545 e. The van der Waals surface area contributed by atoms with Gasteiger partial charge in [-0.25, -0.2) is 14.2 Å². The van der Waals surface area contributed by atoms with Crippen molar-refractivity contribution in [3.05, 3.63) is 71.6 Å². The number of carboxylic acids is 1. The number of aromatic carboxylic acids is 1. The summed E-state index contributed by atoms with van der Waals surface area (Å²) in [7, 11) is 0. The van der Waals surface area contributed by atoms with Gasteiger partial charge in [0.05, 0.1) is 25.2 Å². The molecule has 2 unspecified atom stereocenters. The maximum atomic E-state index is 12.8. The molecular formula is C72H112N4O7. The number of hydrogen-bond donors (Lipinski definition) is 2. The topological polar surface area (TPSA) is 136 Å². The Bertz CT molecular complexity index is 2470. The van der Waals surface area contributed by atoms with Crippen molar-refractivity contribution >= 4 is 34.8 Å². The van der Waals surface area contributed by atoms with Crippen LogP contribution in [0.1, 0.15) is 281 Å². The van der Waals surface area contributed by atoms with Gasteiger partial charge < -0.3 is 39.3 Å². The maximum Gasteiger partial charge on any atom is 0.407 e. The molecule has 3 aliphatic heterocycles. The summed E-state index contributed by atoms with van der Waals surface area (Å²) in [6.07, 6.45) is 49.5. The molecule has 0 aromatic heterocycles. The summed E-state index contributed by atoms with van der Waals surface area (Å²) in [6, 6.07) is 20.0. The molecule has 2 aromatic rings. The Kier molecular flexibility index (Phi) is 33.2. The lowest BCUT2D eigenvalue weighted by Crippen LogP contribution is -2.43. The highest BCUT2D eigenvalue weighted by Gasteiger charge is 2.29. The van der Waals surface area contributed by atoms with Crippen LogP contribution in [0.5, 0.6) is 0 Å². The second kappa shape index (κ2) is 41.1. The summed E-state index contributed by atoms with van der Waals surface area (Å²) in [4.78, 5) is 40.6. The van der Waals surface area contributed by atoms with Crippen molar-refractivity contribution in [1.29, 1.82) is 0 Å². The van der Waals surface area contributed by atoms with E-state index in [1.54, 1.807) is 12.1 Å². The first-order valence-corrected chi connectivity index (χ1v) is 34.4. The Morgan fingerprint density at radius 2 is 1.06 bits per heavy atom. The van der Waals surface area contributed by atoms with E-state index in [-0.39, 0.29) is 29.8 Å². The second-order valence-corrected chi connectivity index (χ2v) is 24.7. The third-order valence-electron chi connectivity index (χ3n) is 18.0. The number of piperidine rings is 2. The fourth-order valence-corrected chi connectivity index (χ4v) is 13.1. The smallest absolute Gasteiger partial charge is 0.407 e. The number of benzene rings is 3. The summed E-state index contributed by atoms with van der Waals surface area (Å²) in [5.74, 6) is -0.561. The number of nitrogens with zero attached hydrogens (tertiary/aromatic N) is 2. The molecule has 4 aliphatic rings. The van der Waals surface area contributed by atoms with Crippen molar-refractivity contribution in [3.8, 4) is 22.5 Å².